The Morgan fingerprint density at radius 1 is 1.20 bits per heavy atom. The molecule has 20 heavy (non-hydrogen) atoms. The fourth-order valence-corrected chi connectivity index (χ4v) is 1.88. The van der Waals surface area contributed by atoms with Gasteiger partial charge in [-0.1, -0.05) is 15.9 Å². The van der Waals surface area contributed by atoms with Crippen LogP contribution in [0.3, 0.4) is 0 Å². The molecule has 2 N–H and O–H groups in total. The van der Waals surface area contributed by atoms with Crippen LogP contribution in [-0.4, -0.2) is 30.2 Å². The molecular weight excluding hydrogens is 320 g/mol. The van der Waals surface area contributed by atoms with Gasteiger partial charge in [-0.2, -0.15) is 4.98 Å². The predicted molar refractivity (Wildman–Crippen MR) is 84.4 cm³/mol. The molecular formula is C14H17BrN4O. The maximum atomic E-state index is 5.00. The zero-order valence-corrected chi connectivity index (χ0v) is 12.9. The number of halogens is 1. The number of aromatic nitrogens is 2. The molecule has 0 atom stereocenters. The number of hydrogen-bond donors (Lipinski definition) is 2. The highest BCUT2D eigenvalue weighted by molar-refractivity contribution is 9.10. The molecule has 0 amide bonds. The smallest absolute Gasteiger partial charge is 0.224 e. The van der Waals surface area contributed by atoms with Crippen molar-refractivity contribution in [1.82, 2.24) is 9.97 Å². The maximum absolute atomic E-state index is 5.00. The first-order valence-electron chi connectivity index (χ1n) is 6.36. The van der Waals surface area contributed by atoms with Gasteiger partial charge in [0, 0.05) is 36.6 Å². The van der Waals surface area contributed by atoms with E-state index in [1.807, 2.05) is 30.3 Å². The second-order valence-electron chi connectivity index (χ2n) is 4.17. The summed E-state index contributed by atoms with van der Waals surface area (Å²) < 4.78 is 6.04. The molecule has 0 saturated heterocycles. The highest BCUT2D eigenvalue weighted by Crippen LogP contribution is 2.18. The van der Waals surface area contributed by atoms with E-state index >= 15 is 0 Å². The number of nitrogens with zero attached hydrogens (tertiary/aromatic N) is 2. The molecule has 2 rings (SSSR count). The largest absolute Gasteiger partial charge is 0.385 e. The summed E-state index contributed by atoms with van der Waals surface area (Å²) in [6.07, 6.45) is 2.65. The number of ether oxygens (including phenoxy) is 1. The Labute approximate surface area is 126 Å². The van der Waals surface area contributed by atoms with Gasteiger partial charge in [-0.05, 0) is 36.8 Å². The van der Waals surface area contributed by atoms with Crippen molar-refractivity contribution in [3.63, 3.8) is 0 Å². The molecule has 1 aromatic carbocycles. The van der Waals surface area contributed by atoms with Gasteiger partial charge in [0.05, 0.1) is 0 Å². The third-order valence-corrected chi connectivity index (χ3v) is 3.11. The lowest BCUT2D eigenvalue weighted by Gasteiger charge is -2.08. The number of nitrogens with one attached hydrogen (secondary N) is 2. The summed E-state index contributed by atoms with van der Waals surface area (Å²) in [4.78, 5) is 8.58. The van der Waals surface area contributed by atoms with Gasteiger partial charge in [0.1, 0.15) is 5.82 Å². The average Bonchev–Trinajstić information content (AvgIpc) is 2.47. The molecule has 0 spiro atoms. The van der Waals surface area contributed by atoms with Crippen molar-refractivity contribution >= 4 is 33.4 Å². The lowest BCUT2D eigenvalue weighted by Crippen LogP contribution is -2.08. The average molecular weight is 337 g/mol. The quantitative estimate of drug-likeness (QED) is 0.758. The number of methoxy groups -OCH3 is 1. The fraction of sp³-hybridized carbons (Fsp3) is 0.286. The van der Waals surface area contributed by atoms with Crippen LogP contribution in [0.15, 0.2) is 41.0 Å². The van der Waals surface area contributed by atoms with Crippen LogP contribution in [0, 0.1) is 0 Å². The van der Waals surface area contributed by atoms with Gasteiger partial charge in [-0.15, -0.1) is 0 Å². The first kappa shape index (κ1) is 14.7. The number of rotatable bonds is 7. The molecule has 0 aliphatic rings. The van der Waals surface area contributed by atoms with Gasteiger partial charge >= 0.3 is 0 Å². The van der Waals surface area contributed by atoms with Crippen molar-refractivity contribution in [2.45, 2.75) is 6.42 Å². The van der Waals surface area contributed by atoms with E-state index in [0.29, 0.717) is 5.95 Å². The zero-order valence-electron chi connectivity index (χ0n) is 11.3. The lowest BCUT2D eigenvalue weighted by molar-refractivity contribution is 0.197. The lowest BCUT2D eigenvalue weighted by atomic mass is 10.3. The Bertz CT molecular complexity index is 533. The van der Waals surface area contributed by atoms with Gasteiger partial charge in [0.15, 0.2) is 0 Å². The van der Waals surface area contributed by atoms with Crippen LogP contribution in [0.2, 0.25) is 0 Å². The van der Waals surface area contributed by atoms with Crippen LogP contribution in [-0.2, 0) is 4.74 Å². The first-order valence-corrected chi connectivity index (χ1v) is 7.15. The summed E-state index contributed by atoms with van der Waals surface area (Å²) in [5.74, 6) is 1.37. The molecule has 2 aromatic rings. The van der Waals surface area contributed by atoms with E-state index in [1.54, 1.807) is 13.3 Å². The molecule has 1 aromatic heterocycles. The van der Waals surface area contributed by atoms with Crippen LogP contribution < -0.4 is 10.6 Å². The van der Waals surface area contributed by atoms with Gasteiger partial charge in [0.2, 0.25) is 5.95 Å². The van der Waals surface area contributed by atoms with Gasteiger partial charge < -0.3 is 15.4 Å². The maximum Gasteiger partial charge on any atom is 0.224 e. The first-order chi connectivity index (χ1) is 9.78. The Morgan fingerprint density at radius 2 is 2.00 bits per heavy atom. The summed E-state index contributed by atoms with van der Waals surface area (Å²) in [5.41, 5.74) is 0.984. The van der Waals surface area contributed by atoms with Gasteiger partial charge in [0.25, 0.3) is 0 Å². The van der Waals surface area contributed by atoms with Crippen LogP contribution in [0.4, 0.5) is 17.5 Å². The molecule has 6 heteroatoms. The Balaban J connectivity index is 1.93. The second-order valence-corrected chi connectivity index (χ2v) is 5.09. The Kier molecular flexibility index (Phi) is 5.76. The van der Waals surface area contributed by atoms with Crippen LogP contribution in [0.1, 0.15) is 6.42 Å². The van der Waals surface area contributed by atoms with Crippen molar-refractivity contribution in [3.8, 4) is 0 Å². The van der Waals surface area contributed by atoms with E-state index in [1.165, 1.54) is 0 Å². The van der Waals surface area contributed by atoms with E-state index in [0.717, 1.165) is 35.6 Å². The molecule has 106 valence electrons. The summed E-state index contributed by atoms with van der Waals surface area (Å²) in [5, 5.41) is 6.40. The second kappa shape index (κ2) is 7.81. The SMILES string of the molecule is COCCCNc1nccc(Nc2ccc(Br)cc2)n1. The summed E-state index contributed by atoms with van der Waals surface area (Å²) in [6, 6.07) is 9.76. The zero-order chi connectivity index (χ0) is 14.2. The van der Waals surface area contributed by atoms with Crippen molar-refractivity contribution in [3.05, 3.63) is 41.0 Å². The molecule has 0 bridgehead atoms. The highest BCUT2D eigenvalue weighted by atomic mass is 79.9. The van der Waals surface area contributed by atoms with E-state index in [9.17, 15) is 0 Å². The summed E-state index contributed by atoms with van der Waals surface area (Å²) in [7, 11) is 1.69. The van der Waals surface area contributed by atoms with Gasteiger partial charge in [-0.3, -0.25) is 0 Å². The molecule has 0 fully saturated rings. The number of hydrogen-bond acceptors (Lipinski definition) is 5. The molecule has 1 heterocycles. The van der Waals surface area contributed by atoms with E-state index in [4.69, 9.17) is 4.74 Å². The van der Waals surface area contributed by atoms with Crippen molar-refractivity contribution in [2.75, 3.05) is 30.9 Å². The minimum Gasteiger partial charge on any atom is -0.385 e. The highest BCUT2D eigenvalue weighted by Gasteiger charge is 1.99. The van der Waals surface area contributed by atoms with Crippen LogP contribution >= 0.6 is 15.9 Å². The third-order valence-electron chi connectivity index (χ3n) is 2.58. The molecule has 0 saturated carbocycles. The van der Waals surface area contributed by atoms with E-state index in [-0.39, 0.29) is 0 Å². The Hall–Kier alpha value is -1.66. The monoisotopic (exact) mass is 336 g/mol. The molecule has 5 nitrogen and oxygen atoms in total. The number of anilines is 3. The third kappa shape index (κ3) is 4.79. The molecule has 0 aliphatic carbocycles. The summed E-state index contributed by atoms with van der Waals surface area (Å²) in [6.45, 7) is 1.51. The van der Waals surface area contributed by atoms with E-state index in [2.05, 4.69) is 36.5 Å². The minimum absolute atomic E-state index is 0.614. The van der Waals surface area contributed by atoms with Crippen LogP contribution in [0.25, 0.3) is 0 Å². The van der Waals surface area contributed by atoms with Crippen LogP contribution in [0.5, 0.6) is 0 Å². The van der Waals surface area contributed by atoms with Crippen molar-refractivity contribution in [2.24, 2.45) is 0 Å². The normalized spacial score (nSPS) is 10.3. The molecule has 0 aliphatic heterocycles. The van der Waals surface area contributed by atoms with E-state index < -0.39 is 0 Å². The molecule has 0 unspecified atom stereocenters. The fourth-order valence-electron chi connectivity index (χ4n) is 1.61. The topological polar surface area (TPSA) is 59.1 Å². The standard InChI is InChI=1S/C14H17BrN4O/c1-20-10-2-8-16-14-17-9-7-13(19-14)18-12-5-3-11(15)4-6-12/h3-7,9H,2,8,10H2,1H3,(H2,16,17,18,19). The van der Waals surface area contributed by atoms with Crippen molar-refractivity contribution in [1.29, 1.82) is 0 Å². The predicted octanol–water partition coefficient (Wildman–Crippen LogP) is 3.43. The van der Waals surface area contributed by atoms with Crippen molar-refractivity contribution < 1.29 is 4.74 Å². The Morgan fingerprint density at radius 3 is 2.75 bits per heavy atom. The minimum atomic E-state index is 0.614. The number of benzene rings is 1. The summed E-state index contributed by atoms with van der Waals surface area (Å²) >= 11 is 3.41. The van der Waals surface area contributed by atoms with Gasteiger partial charge in [-0.25, -0.2) is 4.98 Å². The molecule has 0 radical (unpaired) electrons.